The Morgan fingerprint density at radius 1 is 0.955 bits per heavy atom. The molecule has 22 heavy (non-hydrogen) atoms. The van der Waals surface area contributed by atoms with Crippen LogP contribution in [0.2, 0.25) is 0 Å². The summed E-state index contributed by atoms with van der Waals surface area (Å²) in [6.07, 6.45) is 5.65. The van der Waals surface area contributed by atoms with Crippen LogP contribution in [0.15, 0.2) is 30.4 Å². The third kappa shape index (κ3) is 1.37. The molecule has 4 aliphatic carbocycles. The average molecular weight is 293 g/mol. The molecule has 3 fully saturated rings. The number of amides is 2. The minimum atomic E-state index is -0.105. The lowest BCUT2D eigenvalue weighted by Crippen LogP contribution is -2.40. The van der Waals surface area contributed by atoms with E-state index in [4.69, 9.17) is 0 Å². The van der Waals surface area contributed by atoms with E-state index in [-0.39, 0.29) is 23.7 Å². The van der Waals surface area contributed by atoms with E-state index in [0.717, 1.165) is 16.8 Å². The molecule has 0 unspecified atom stereocenters. The van der Waals surface area contributed by atoms with Crippen molar-refractivity contribution in [3.63, 3.8) is 0 Å². The molecule has 2 saturated carbocycles. The zero-order valence-corrected chi connectivity index (χ0v) is 12.8. The number of hydrogen-bond acceptors (Lipinski definition) is 2. The highest BCUT2D eigenvalue weighted by Crippen LogP contribution is 2.65. The number of anilines is 1. The summed E-state index contributed by atoms with van der Waals surface area (Å²) in [5.74, 6) is 1.77. The van der Waals surface area contributed by atoms with Crippen LogP contribution in [0.3, 0.4) is 0 Å². The molecule has 1 saturated heterocycles. The Morgan fingerprint density at radius 3 is 2.09 bits per heavy atom. The largest absolute Gasteiger partial charge is 0.274 e. The Kier molecular flexibility index (Phi) is 2.23. The van der Waals surface area contributed by atoms with Crippen molar-refractivity contribution in [1.29, 1.82) is 0 Å². The maximum absolute atomic E-state index is 13.0. The van der Waals surface area contributed by atoms with E-state index in [1.165, 1.54) is 11.3 Å². The standard InChI is InChI=1S/C19H19NO2/c1-9-3-6-15(10(2)7-9)20-18(21)16-11-4-5-12(14-8-13(11)14)17(16)19(20)22/h3-7,11-14,16-17H,8H2,1-2H3/t11-,12+,13-,14-,16+,17-/m0/s1. The summed E-state index contributed by atoms with van der Waals surface area (Å²) in [7, 11) is 0. The van der Waals surface area contributed by atoms with Gasteiger partial charge in [0.1, 0.15) is 0 Å². The highest BCUT2D eigenvalue weighted by atomic mass is 16.2. The molecule has 1 aliphatic heterocycles. The summed E-state index contributed by atoms with van der Waals surface area (Å²) in [4.78, 5) is 27.5. The lowest BCUT2D eigenvalue weighted by Gasteiger charge is -2.37. The third-order valence-electron chi connectivity index (χ3n) is 6.26. The molecular weight excluding hydrogens is 274 g/mol. The first-order valence-corrected chi connectivity index (χ1v) is 8.21. The molecule has 112 valence electrons. The van der Waals surface area contributed by atoms with Crippen LogP contribution >= 0.6 is 0 Å². The molecule has 3 heteroatoms. The van der Waals surface area contributed by atoms with Crippen LogP contribution in [-0.2, 0) is 9.59 Å². The van der Waals surface area contributed by atoms with Crippen LogP contribution in [0.25, 0.3) is 0 Å². The molecule has 0 N–H and O–H groups in total. The van der Waals surface area contributed by atoms with Crippen LogP contribution in [0.5, 0.6) is 0 Å². The minimum absolute atomic E-state index is 0.0339. The molecule has 3 nitrogen and oxygen atoms in total. The highest BCUT2D eigenvalue weighted by molar-refractivity contribution is 6.23. The van der Waals surface area contributed by atoms with E-state index in [0.29, 0.717) is 23.7 Å². The van der Waals surface area contributed by atoms with Gasteiger partial charge in [-0.2, -0.15) is 0 Å². The fourth-order valence-corrected chi connectivity index (χ4v) is 5.25. The molecule has 5 aliphatic rings. The highest BCUT2D eigenvalue weighted by Gasteiger charge is 2.67. The predicted molar refractivity (Wildman–Crippen MR) is 83.1 cm³/mol. The summed E-state index contributed by atoms with van der Waals surface area (Å²) >= 11 is 0. The molecule has 0 radical (unpaired) electrons. The maximum Gasteiger partial charge on any atom is 0.238 e. The SMILES string of the molecule is Cc1ccc(N2C(=O)[C@@H]3[C@H]4C=C[C@H]([C@@H]5C[C@@H]45)[C@@H]3C2=O)c(C)c1. The molecular formula is C19H19NO2. The fraction of sp³-hybridized carbons (Fsp3) is 0.474. The van der Waals surface area contributed by atoms with Gasteiger partial charge in [0.25, 0.3) is 0 Å². The molecule has 1 aromatic carbocycles. The molecule has 0 aromatic heterocycles. The van der Waals surface area contributed by atoms with E-state index in [1.807, 2.05) is 32.0 Å². The normalized spacial score (nSPS) is 40.9. The molecule has 2 amide bonds. The Bertz CT molecular complexity index is 714. The van der Waals surface area contributed by atoms with Crippen LogP contribution in [0.4, 0.5) is 5.69 Å². The van der Waals surface area contributed by atoms with Gasteiger partial charge in [-0.05, 0) is 55.6 Å². The molecule has 0 spiro atoms. The monoisotopic (exact) mass is 293 g/mol. The van der Waals surface area contributed by atoms with Crippen LogP contribution in [0, 0.1) is 49.4 Å². The van der Waals surface area contributed by atoms with Crippen LogP contribution in [0.1, 0.15) is 17.5 Å². The quantitative estimate of drug-likeness (QED) is 0.590. The van der Waals surface area contributed by atoms with Gasteiger partial charge in [-0.3, -0.25) is 9.59 Å². The first-order valence-electron chi connectivity index (χ1n) is 8.21. The number of imide groups is 1. The lowest BCUT2D eigenvalue weighted by atomic mass is 9.63. The van der Waals surface area contributed by atoms with Crippen molar-refractivity contribution in [2.75, 3.05) is 4.90 Å². The number of hydrogen-bond donors (Lipinski definition) is 0. The van der Waals surface area contributed by atoms with Gasteiger partial charge in [0.2, 0.25) is 11.8 Å². The second kappa shape index (κ2) is 3.89. The van der Waals surface area contributed by atoms with Crippen molar-refractivity contribution in [3.8, 4) is 0 Å². The molecule has 1 heterocycles. The van der Waals surface area contributed by atoms with Gasteiger partial charge in [0.05, 0.1) is 17.5 Å². The third-order valence-corrected chi connectivity index (χ3v) is 6.26. The number of carbonyl (C=O) groups is 2. The molecule has 1 aromatic rings. The number of aryl methyl sites for hydroxylation is 2. The lowest BCUT2D eigenvalue weighted by molar-refractivity contribution is -0.124. The minimum Gasteiger partial charge on any atom is -0.274 e. The number of nitrogens with zero attached hydrogens (tertiary/aromatic N) is 1. The number of carbonyl (C=O) groups excluding carboxylic acids is 2. The fourth-order valence-electron chi connectivity index (χ4n) is 5.25. The smallest absolute Gasteiger partial charge is 0.238 e. The Hall–Kier alpha value is -1.90. The zero-order valence-electron chi connectivity index (χ0n) is 12.8. The first kappa shape index (κ1) is 12.6. The van der Waals surface area contributed by atoms with Gasteiger partial charge in [-0.25, -0.2) is 4.90 Å². The van der Waals surface area contributed by atoms with Crippen LogP contribution in [-0.4, -0.2) is 11.8 Å². The maximum atomic E-state index is 13.0. The molecule has 6 rings (SSSR count). The van der Waals surface area contributed by atoms with Crippen molar-refractivity contribution in [2.45, 2.75) is 20.3 Å². The van der Waals surface area contributed by atoms with Gasteiger partial charge in [0.15, 0.2) is 0 Å². The van der Waals surface area contributed by atoms with E-state index in [2.05, 4.69) is 12.2 Å². The Labute approximate surface area is 130 Å². The summed E-state index contributed by atoms with van der Waals surface area (Å²) in [5, 5.41) is 0. The number of rotatable bonds is 1. The van der Waals surface area contributed by atoms with Crippen molar-refractivity contribution in [2.24, 2.45) is 35.5 Å². The van der Waals surface area contributed by atoms with E-state index < -0.39 is 0 Å². The number of benzene rings is 1. The van der Waals surface area contributed by atoms with E-state index in [9.17, 15) is 9.59 Å². The van der Waals surface area contributed by atoms with Gasteiger partial charge in [0, 0.05) is 0 Å². The predicted octanol–water partition coefficient (Wildman–Crippen LogP) is 2.86. The first-order chi connectivity index (χ1) is 10.6. The Morgan fingerprint density at radius 2 is 1.55 bits per heavy atom. The van der Waals surface area contributed by atoms with Crippen molar-refractivity contribution in [1.82, 2.24) is 0 Å². The van der Waals surface area contributed by atoms with Gasteiger partial charge in [-0.1, -0.05) is 29.8 Å². The van der Waals surface area contributed by atoms with Crippen LogP contribution < -0.4 is 4.90 Å². The van der Waals surface area contributed by atoms with Crippen molar-refractivity contribution in [3.05, 3.63) is 41.5 Å². The number of allylic oxidation sites excluding steroid dienone is 2. The summed E-state index contributed by atoms with van der Waals surface area (Å²) in [6.45, 7) is 4.01. The van der Waals surface area contributed by atoms with Gasteiger partial charge >= 0.3 is 0 Å². The molecule has 2 bridgehead atoms. The Balaban J connectivity index is 1.60. The van der Waals surface area contributed by atoms with Gasteiger partial charge < -0.3 is 0 Å². The van der Waals surface area contributed by atoms with E-state index >= 15 is 0 Å². The topological polar surface area (TPSA) is 37.4 Å². The van der Waals surface area contributed by atoms with Gasteiger partial charge in [-0.15, -0.1) is 0 Å². The summed E-state index contributed by atoms with van der Waals surface area (Å²) in [6, 6.07) is 5.95. The zero-order chi connectivity index (χ0) is 15.2. The summed E-state index contributed by atoms with van der Waals surface area (Å²) < 4.78 is 0. The van der Waals surface area contributed by atoms with Crippen molar-refractivity contribution >= 4 is 17.5 Å². The summed E-state index contributed by atoms with van der Waals surface area (Å²) in [5.41, 5.74) is 2.94. The molecule has 6 atom stereocenters. The van der Waals surface area contributed by atoms with E-state index in [1.54, 1.807) is 0 Å². The second-order valence-electron chi connectivity index (χ2n) is 7.46. The van der Waals surface area contributed by atoms with Crippen molar-refractivity contribution < 1.29 is 9.59 Å². The second-order valence-corrected chi connectivity index (χ2v) is 7.46. The average Bonchev–Trinajstić information content (AvgIpc) is 3.26.